The van der Waals surface area contributed by atoms with Crippen molar-refractivity contribution in [3.8, 4) is 11.5 Å². The smallest absolute Gasteiger partial charge is 0.338 e. The number of rotatable bonds is 7. The van der Waals surface area contributed by atoms with Gasteiger partial charge in [0.15, 0.2) is 17.2 Å². The van der Waals surface area contributed by atoms with Crippen LogP contribution in [0.1, 0.15) is 28.1 Å². The first kappa shape index (κ1) is 19.2. The van der Waals surface area contributed by atoms with Crippen LogP contribution in [0.3, 0.4) is 0 Å². The molecule has 0 spiro atoms. The average molecular weight is 380 g/mol. The van der Waals surface area contributed by atoms with Gasteiger partial charge in [-0.2, -0.15) is 0 Å². The quantitative estimate of drug-likeness (QED) is 0.425. The van der Waals surface area contributed by atoms with E-state index in [1.54, 1.807) is 25.3 Å². The van der Waals surface area contributed by atoms with E-state index in [9.17, 15) is 10.1 Å². The third-order valence-electron chi connectivity index (χ3n) is 4.13. The highest BCUT2D eigenvalue weighted by atomic mass is 16.6. The Bertz CT molecular complexity index is 1020. The van der Waals surface area contributed by atoms with E-state index in [-0.39, 0.29) is 17.1 Å². The van der Waals surface area contributed by atoms with E-state index in [0.29, 0.717) is 18.1 Å². The molecule has 0 radical (unpaired) electrons. The Balaban J connectivity index is 1.77. The number of nitro groups is 1. The fraction of sp³-hybridized carbons (Fsp3) is 0.190. The normalized spacial score (nSPS) is 11.0. The summed E-state index contributed by atoms with van der Waals surface area (Å²) in [5.41, 5.74) is 3.12. The summed E-state index contributed by atoms with van der Waals surface area (Å²) in [6.07, 6.45) is 3.21. The van der Waals surface area contributed by atoms with Gasteiger partial charge in [-0.15, -0.1) is 0 Å². The minimum Gasteiger partial charge on any atom is -0.493 e. The molecule has 0 bridgehead atoms. The van der Waals surface area contributed by atoms with Crippen molar-refractivity contribution in [2.75, 3.05) is 7.11 Å². The van der Waals surface area contributed by atoms with Crippen molar-refractivity contribution in [1.29, 1.82) is 0 Å². The zero-order valence-corrected chi connectivity index (χ0v) is 15.8. The SMILES string of the molecule is COc1cc(C=Cc2onc(C)c2[N+](=O)[O-])ccc1OCc1cccc(C)c1. The minimum atomic E-state index is -0.506. The molecule has 28 heavy (non-hydrogen) atoms. The van der Waals surface area contributed by atoms with Crippen molar-refractivity contribution in [2.24, 2.45) is 0 Å². The highest BCUT2D eigenvalue weighted by Crippen LogP contribution is 2.30. The number of methoxy groups -OCH3 is 1. The first-order valence-corrected chi connectivity index (χ1v) is 8.63. The Morgan fingerprint density at radius 1 is 1.14 bits per heavy atom. The molecule has 0 fully saturated rings. The van der Waals surface area contributed by atoms with Crippen LogP contribution < -0.4 is 9.47 Å². The lowest BCUT2D eigenvalue weighted by Crippen LogP contribution is -1.98. The van der Waals surface area contributed by atoms with Crippen LogP contribution in [0.4, 0.5) is 5.69 Å². The molecule has 0 saturated heterocycles. The Hall–Kier alpha value is -3.61. The van der Waals surface area contributed by atoms with Gasteiger partial charge in [-0.3, -0.25) is 10.1 Å². The van der Waals surface area contributed by atoms with Crippen molar-refractivity contribution < 1.29 is 18.9 Å². The lowest BCUT2D eigenvalue weighted by atomic mass is 10.1. The van der Waals surface area contributed by atoms with Gasteiger partial charge >= 0.3 is 5.69 Å². The van der Waals surface area contributed by atoms with Crippen molar-refractivity contribution in [3.05, 3.63) is 80.7 Å². The highest BCUT2D eigenvalue weighted by Gasteiger charge is 2.21. The number of ether oxygens (including phenoxy) is 2. The van der Waals surface area contributed by atoms with Crippen LogP contribution in [0.25, 0.3) is 12.2 Å². The standard InChI is InChI=1S/C21H20N2O5/c1-14-5-4-6-17(11-14)13-27-18-9-7-16(12-20(18)26-3)8-10-19-21(23(24)25)15(2)22-28-19/h4-12H,13H2,1-3H3. The molecule has 0 aliphatic heterocycles. The third kappa shape index (κ3) is 4.37. The first-order chi connectivity index (χ1) is 13.5. The van der Waals surface area contributed by atoms with E-state index in [1.165, 1.54) is 18.6 Å². The predicted molar refractivity (Wildman–Crippen MR) is 105 cm³/mol. The van der Waals surface area contributed by atoms with Gasteiger partial charge in [0.05, 0.1) is 12.0 Å². The summed E-state index contributed by atoms with van der Waals surface area (Å²) in [4.78, 5) is 10.6. The zero-order chi connectivity index (χ0) is 20.1. The molecule has 7 nitrogen and oxygen atoms in total. The van der Waals surface area contributed by atoms with E-state index < -0.39 is 4.92 Å². The van der Waals surface area contributed by atoms with Gasteiger partial charge in [-0.05, 0) is 43.2 Å². The van der Waals surface area contributed by atoms with Crippen LogP contribution >= 0.6 is 0 Å². The van der Waals surface area contributed by atoms with Crippen molar-refractivity contribution >= 4 is 17.8 Å². The van der Waals surface area contributed by atoms with E-state index in [0.717, 1.165) is 11.1 Å². The molecule has 0 atom stereocenters. The second kappa shape index (κ2) is 8.39. The Morgan fingerprint density at radius 3 is 2.68 bits per heavy atom. The van der Waals surface area contributed by atoms with Crippen molar-refractivity contribution in [1.82, 2.24) is 5.16 Å². The summed E-state index contributed by atoms with van der Waals surface area (Å²) in [6.45, 7) is 3.99. The molecule has 0 aliphatic rings. The van der Waals surface area contributed by atoms with E-state index in [2.05, 4.69) is 11.2 Å². The van der Waals surface area contributed by atoms with Crippen molar-refractivity contribution in [3.63, 3.8) is 0 Å². The summed E-state index contributed by atoms with van der Waals surface area (Å²) < 4.78 is 16.3. The summed E-state index contributed by atoms with van der Waals surface area (Å²) >= 11 is 0. The second-order valence-corrected chi connectivity index (χ2v) is 6.26. The summed E-state index contributed by atoms with van der Waals surface area (Å²) in [7, 11) is 1.56. The molecule has 7 heteroatoms. The molecule has 3 rings (SSSR count). The fourth-order valence-corrected chi connectivity index (χ4v) is 2.76. The monoisotopic (exact) mass is 380 g/mol. The highest BCUT2D eigenvalue weighted by molar-refractivity contribution is 5.72. The molecule has 1 heterocycles. The van der Waals surface area contributed by atoms with Gasteiger partial charge in [0.1, 0.15) is 6.61 Å². The first-order valence-electron chi connectivity index (χ1n) is 8.63. The second-order valence-electron chi connectivity index (χ2n) is 6.26. The van der Waals surface area contributed by atoms with Crippen LogP contribution in [0.2, 0.25) is 0 Å². The number of hydrogen-bond acceptors (Lipinski definition) is 6. The lowest BCUT2D eigenvalue weighted by Gasteiger charge is -2.11. The molecule has 0 aliphatic carbocycles. The Kier molecular flexibility index (Phi) is 5.74. The maximum Gasteiger partial charge on any atom is 0.338 e. The van der Waals surface area contributed by atoms with Crippen LogP contribution in [0.15, 0.2) is 47.0 Å². The lowest BCUT2D eigenvalue weighted by molar-refractivity contribution is -0.386. The van der Waals surface area contributed by atoms with Gasteiger partial charge in [-0.1, -0.05) is 47.1 Å². The van der Waals surface area contributed by atoms with E-state index in [4.69, 9.17) is 14.0 Å². The largest absolute Gasteiger partial charge is 0.493 e. The van der Waals surface area contributed by atoms with Crippen molar-refractivity contribution in [2.45, 2.75) is 20.5 Å². The van der Waals surface area contributed by atoms with Gasteiger partial charge in [-0.25, -0.2) is 0 Å². The zero-order valence-electron chi connectivity index (χ0n) is 15.8. The van der Waals surface area contributed by atoms with Crippen LogP contribution in [-0.2, 0) is 6.61 Å². The molecular weight excluding hydrogens is 360 g/mol. The minimum absolute atomic E-state index is 0.0984. The third-order valence-corrected chi connectivity index (χ3v) is 4.13. The molecule has 3 aromatic rings. The van der Waals surface area contributed by atoms with Gasteiger partial charge < -0.3 is 14.0 Å². The molecule has 0 saturated carbocycles. The molecule has 2 aromatic carbocycles. The number of aryl methyl sites for hydroxylation is 2. The molecule has 0 unspecified atom stereocenters. The van der Waals surface area contributed by atoms with Gasteiger partial charge in [0, 0.05) is 0 Å². The Labute approximate surface area is 162 Å². The van der Waals surface area contributed by atoms with Crippen LogP contribution in [0, 0.1) is 24.0 Å². The molecule has 144 valence electrons. The van der Waals surface area contributed by atoms with E-state index in [1.807, 2.05) is 31.2 Å². The number of benzene rings is 2. The number of hydrogen-bond donors (Lipinski definition) is 0. The molecule has 0 amide bonds. The predicted octanol–water partition coefficient (Wildman–Crippen LogP) is 4.96. The number of aromatic nitrogens is 1. The average Bonchev–Trinajstić information content (AvgIpc) is 3.05. The Morgan fingerprint density at radius 2 is 1.96 bits per heavy atom. The molecular formula is C21H20N2O5. The summed E-state index contributed by atoms with van der Waals surface area (Å²) in [5.74, 6) is 1.28. The maximum absolute atomic E-state index is 11.1. The number of nitrogens with zero attached hydrogens (tertiary/aromatic N) is 2. The molecule has 1 aromatic heterocycles. The van der Waals surface area contributed by atoms with Crippen LogP contribution in [0.5, 0.6) is 11.5 Å². The molecule has 0 N–H and O–H groups in total. The van der Waals surface area contributed by atoms with Gasteiger partial charge in [0.25, 0.3) is 0 Å². The maximum atomic E-state index is 11.1. The summed E-state index contributed by atoms with van der Waals surface area (Å²) in [6, 6.07) is 13.5. The van der Waals surface area contributed by atoms with E-state index >= 15 is 0 Å². The van der Waals surface area contributed by atoms with Gasteiger partial charge in [0.2, 0.25) is 5.76 Å². The summed E-state index contributed by atoms with van der Waals surface area (Å²) in [5, 5.41) is 14.7. The topological polar surface area (TPSA) is 87.6 Å². The fourth-order valence-electron chi connectivity index (χ4n) is 2.76. The van der Waals surface area contributed by atoms with Crippen LogP contribution in [-0.4, -0.2) is 17.2 Å².